The van der Waals surface area contributed by atoms with Gasteiger partial charge in [0.1, 0.15) is 0 Å². The third-order valence-corrected chi connectivity index (χ3v) is 6.91. The quantitative estimate of drug-likeness (QED) is 0.863. The molecule has 4 heterocycles. The zero-order valence-corrected chi connectivity index (χ0v) is 16.1. The smallest absolute Gasteiger partial charge is 0.267 e. The van der Waals surface area contributed by atoms with Gasteiger partial charge in [-0.15, -0.1) is 0 Å². The second-order valence-corrected chi connectivity index (χ2v) is 8.66. The van der Waals surface area contributed by atoms with Crippen LogP contribution in [0.1, 0.15) is 56.7 Å². The molecule has 0 saturated carbocycles. The lowest BCUT2D eigenvalue weighted by molar-refractivity contribution is -0.138. The molecule has 0 radical (unpaired) electrons. The molecular formula is C20H32N4O2. The van der Waals surface area contributed by atoms with Crippen molar-refractivity contribution in [1.29, 1.82) is 0 Å². The average molecular weight is 361 g/mol. The van der Waals surface area contributed by atoms with Crippen LogP contribution in [0, 0.1) is 18.8 Å². The number of piperidine rings is 3. The molecule has 4 atom stereocenters. The summed E-state index contributed by atoms with van der Waals surface area (Å²) in [4.78, 5) is 29.6. The number of aryl methyl sites for hydroxylation is 1. The second kappa shape index (κ2) is 7.22. The van der Waals surface area contributed by atoms with E-state index in [0.717, 1.165) is 31.4 Å². The summed E-state index contributed by atoms with van der Waals surface area (Å²) in [5.41, 5.74) is 1.21. The summed E-state index contributed by atoms with van der Waals surface area (Å²) in [6.45, 7) is 7.02. The molecule has 1 amide bonds. The van der Waals surface area contributed by atoms with Crippen molar-refractivity contribution in [1.82, 2.24) is 20.0 Å². The Morgan fingerprint density at radius 2 is 2.04 bits per heavy atom. The molecule has 0 aromatic carbocycles. The van der Waals surface area contributed by atoms with Gasteiger partial charge < -0.3 is 10.00 Å². The van der Waals surface area contributed by atoms with Gasteiger partial charge in [-0.1, -0.05) is 19.8 Å². The van der Waals surface area contributed by atoms with Gasteiger partial charge in [0.05, 0.1) is 6.42 Å². The fraction of sp³-hybridized carbons (Fsp3) is 0.800. The summed E-state index contributed by atoms with van der Waals surface area (Å²) in [5, 5.41) is 5.41. The number of likely N-dealkylation sites (tertiary alicyclic amines) is 1. The molecule has 3 saturated heterocycles. The zero-order chi connectivity index (χ0) is 18.3. The third-order valence-electron chi connectivity index (χ3n) is 6.91. The van der Waals surface area contributed by atoms with Gasteiger partial charge in [0.15, 0.2) is 0 Å². The van der Waals surface area contributed by atoms with Crippen molar-refractivity contribution >= 4 is 5.91 Å². The van der Waals surface area contributed by atoms with Crippen LogP contribution in [0.4, 0.5) is 0 Å². The van der Waals surface area contributed by atoms with Crippen LogP contribution in [-0.4, -0.2) is 57.6 Å². The standard InChI is InChI=1S/C20H32N4O2/c1-3-5-16-6-4-7-18-15-8-14(11-24(16)18)10-23(12-15)19(25)9-17-13(2)21-22-20(17)26/h14-16,18H,3-12H2,1-2H3,(H2,21,22,26)/t14-,15+,16-,18-/m0/s1. The lowest BCUT2D eigenvalue weighted by Crippen LogP contribution is -2.62. The van der Waals surface area contributed by atoms with Gasteiger partial charge in [0, 0.05) is 43.0 Å². The Hall–Kier alpha value is -1.56. The molecule has 6 nitrogen and oxygen atoms in total. The van der Waals surface area contributed by atoms with Crippen LogP contribution in [0.15, 0.2) is 4.79 Å². The first-order valence-corrected chi connectivity index (χ1v) is 10.4. The number of nitrogens with zero attached hydrogens (tertiary/aromatic N) is 2. The molecule has 2 N–H and O–H groups in total. The van der Waals surface area contributed by atoms with E-state index in [4.69, 9.17) is 0 Å². The molecule has 26 heavy (non-hydrogen) atoms. The van der Waals surface area contributed by atoms with Crippen molar-refractivity contribution in [3.63, 3.8) is 0 Å². The minimum atomic E-state index is -0.158. The van der Waals surface area contributed by atoms with Crippen molar-refractivity contribution in [2.24, 2.45) is 11.8 Å². The molecule has 3 fully saturated rings. The number of amides is 1. The predicted molar refractivity (Wildman–Crippen MR) is 101 cm³/mol. The van der Waals surface area contributed by atoms with E-state index in [1.165, 1.54) is 38.5 Å². The maximum Gasteiger partial charge on any atom is 0.267 e. The fourth-order valence-corrected chi connectivity index (χ4v) is 5.71. The molecule has 4 rings (SSSR count). The summed E-state index contributed by atoms with van der Waals surface area (Å²) in [7, 11) is 0. The average Bonchev–Trinajstić information content (AvgIpc) is 2.94. The van der Waals surface area contributed by atoms with Gasteiger partial charge in [-0.3, -0.25) is 19.6 Å². The van der Waals surface area contributed by atoms with Crippen molar-refractivity contribution in [3.8, 4) is 0 Å². The summed E-state index contributed by atoms with van der Waals surface area (Å²) in [6.07, 6.45) is 8.04. The van der Waals surface area contributed by atoms with Crippen LogP contribution in [0.3, 0.4) is 0 Å². The van der Waals surface area contributed by atoms with Crippen molar-refractivity contribution in [2.75, 3.05) is 19.6 Å². The number of hydrogen-bond acceptors (Lipinski definition) is 3. The van der Waals surface area contributed by atoms with E-state index in [0.29, 0.717) is 23.4 Å². The van der Waals surface area contributed by atoms with E-state index in [-0.39, 0.29) is 17.9 Å². The maximum atomic E-state index is 12.9. The van der Waals surface area contributed by atoms with E-state index in [2.05, 4.69) is 22.0 Å². The molecule has 6 heteroatoms. The number of aromatic amines is 2. The van der Waals surface area contributed by atoms with Crippen LogP contribution < -0.4 is 5.56 Å². The van der Waals surface area contributed by atoms with Gasteiger partial charge in [0.2, 0.25) is 5.91 Å². The predicted octanol–water partition coefficient (Wildman–Crippen LogP) is 2.06. The molecule has 144 valence electrons. The highest BCUT2D eigenvalue weighted by molar-refractivity contribution is 5.79. The third kappa shape index (κ3) is 3.24. The SMILES string of the molecule is CCC[C@H]1CCC[C@H]2[C@@H]3C[C@@H](CN(C(=O)Cc4c(C)[nH][nH]c4=O)C3)CN12. The van der Waals surface area contributed by atoms with Crippen molar-refractivity contribution in [3.05, 3.63) is 21.6 Å². The molecule has 2 bridgehead atoms. The molecule has 1 aromatic heterocycles. The lowest BCUT2D eigenvalue weighted by atomic mass is 9.74. The van der Waals surface area contributed by atoms with E-state index < -0.39 is 0 Å². The summed E-state index contributed by atoms with van der Waals surface area (Å²) < 4.78 is 0. The molecule has 0 spiro atoms. The number of hydrogen-bond donors (Lipinski definition) is 2. The molecule has 0 unspecified atom stereocenters. The summed E-state index contributed by atoms with van der Waals surface area (Å²) in [6, 6.07) is 1.41. The number of carbonyl (C=O) groups excluding carboxylic acids is 1. The molecule has 3 aliphatic heterocycles. The first-order valence-electron chi connectivity index (χ1n) is 10.4. The van der Waals surface area contributed by atoms with E-state index in [1.807, 2.05) is 11.8 Å². The van der Waals surface area contributed by atoms with Crippen LogP contribution in [0.2, 0.25) is 0 Å². The number of carbonyl (C=O) groups is 1. The van der Waals surface area contributed by atoms with Crippen molar-refractivity contribution < 1.29 is 4.79 Å². The Labute approximate surface area is 155 Å². The monoisotopic (exact) mass is 360 g/mol. The Balaban J connectivity index is 1.45. The van der Waals surface area contributed by atoms with Crippen LogP contribution in [0.5, 0.6) is 0 Å². The highest BCUT2D eigenvalue weighted by atomic mass is 16.2. The molecule has 0 aliphatic carbocycles. The number of rotatable bonds is 4. The topological polar surface area (TPSA) is 72.2 Å². The van der Waals surface area contributed by atoms with Crippen LogP contribution >= 0.6 is 0 Å². The zero-order valence-electron chi connectivity index (χ0n) is 16.1. The van der Waals surface area contributed by atoms with Gasteiger partial charge in [-0.05, 0) is 44.4 Å². The largest absolute Gasteiger partial charge is 0.342 e. The van der Waals surface area contributed by atoms with Crippen LogP contribution in [0.25, 0.3) is 0 Å². The Morgan fingerprint density at radius 3 is 2.77 bits per heavy atom. The Morgan fingerprint density at radius 1 is 1.19 bits per heavy atom. The first-order chi connectivity index (χ1) is 12.6. The molecular weight excluding hydrogens is 328 g/mol. The highest BCUT2D eigenvalue weighted by Crippen LogP contribution is 2.40. The van der Waals surface area contributed by atoms with Gasteiger partial charge in [-0.25, -0.2) is 0 Å². The Kier molecular flexibility index (Phi) is 4.95. The first kappa shape index (κ1) is 17.8. The minimum absolute atomic E-state index is 0.113. The van der Waals surface area contributed by atoms with Crippen LogP contribution in [-0.2, 0) is 11.2 Å². The minimum Gasteiger partial charge on any atom is -0.342 e. The highest BCUT2D eigenvalue weighted by Gasteiger charge is 2.45. The van der Waals surface area contributed by atoms with Crippen molar-refractivity contribution in [2.45, 2.75) is 70.9 Å². The summed E-state index contributed by atoms with van der Waals surface area (Å²) >= 11 is 0. The number of nitrogens with one attached hydrogen (secondary N) is 2. The van der Waals surface area contributed by atoms with E-state index >= 15 is 0 Å². The number of aromatic nitrogens is 2. The number of fused-ring (bicyclic) bond motifs is 4. The maximum absolute atomic E-state index is 12.9. The Bertz CT molecular complexity index is 707. The lowest BCUT2D eigenvalue weighted by Gasteiger charge is -2.55. The van der Waals surface area contributed by atoms with E-state index in [1.54, 1.807) is 0 Å². The van der Waals surface area contributed by atoms with Gasteiger partial charge in [-0.2, -0.15) is 0 Å². The molecule has 3 aliphatic rings. The normalized spacial score (nSPS) is 31.7. The number of H-pyrrole nitrogens is 2. The van der Waals surface area contributed by atoms with E-state index in [9.17, 15) is 9.59 Å². The summed E-state index contributed by atoms with van der Waals surface area (Å²) in [5.74, 6) is 1.32. The second-order valence-electron chi connectivity index (χ2n) is 8.66. The fourth-order valence-electron chi connectivity index (χ4n) is 5.71. The molecule has 1 aromatic rings. The van der Waals surface area contributed by atoms with Gasteiger partial charge in [0.25, 0.3) is 5.56 Å². The van der Waals surface area contributed by atoms with Gasteiger partial charge >= 0.3 is 0 Å².